The summed E-state index contributed by atoms with van der Waals surface area (Å²) in [4.78, 5) is 24.0. The number of imidazole rings is 1. The standard InChI is InChI=1S/C21H25N5O2S/c1-25-12-9-22-19(25)13-26-10-7-15(8-11-26)20(27)24-21-23-17(14-29-21)16-5-3-4-6-18(16)28-2/h3-6,9,12,14-15H,7-8,10-11,13H2,1-2H3,(H,23,24,27). The zero-order chi connectivity index (χ0) is 20.2. The molecule has 1 N–H and O–H groups in total. The molecular weight excluding hydrogens is 386 g/mol. The number of anilines is 1. The van der Waals surface area contributed by atoms with E-state index in [0.717, 1.165) is 55.3 Å². The van der Waals surface area contributed by atoms with E-state index in [-0.39, 0.29) is 11.8 Å². The maximum absolute atomic E-state index is 12.7. The summed E-state index contributed by atoms with van der Waals surface area (Å²) >= 11 is 1.44. The van der Waals surface area contributed by atoms with Crippen LogP contribution in [-0.2, 0) is 18.4 Å². The van der Waals surface area contributed by atoms with E-state index >= 15 is 0 Å². The van der Waals surface area contributed by atoms with Crippen LogP contribution >= 0.6 is 11.3 Å². The molecule has 0 unspecified atom stereocenters. The van der Waals surface area contributed by atoms with E-state index in [1.165, 1.54) is 11.3 Å². The fourth-order valence-electron chi connectivity index (χ4n) is 3.62. The average molecular weight is 412 g/mol. The van der Waals surface area contributed by atoms with Crippen molar-refractivity contribution in [2.75, 3.05) is 25.5 Å². The molecular formula is C21H25N5O2S. The Kier molecular flexibility index (Phi) is 5.92. The Hall–Kier alpha value is -2.71. The Morgan fingerprint density at radius 2 is 2.10 bits per heavy atom. The Bertz CT molecular complexity index is 975. The van der Waals surface area contributed by atoms with Gasteiger partial charge in [0.05, 0.1) is 19.3 Å². The molecule has 2 aromatic heterocycles. The van der Waals surface area contributed by atoms with Gasteiger partial charge in [-0.3, -0.25) is 9.69 Å². The van der Waals surface area contributed by atoms with Crippen LogP contribution in [0.25, 0.3) is 11.3 Å². The maximum Gasteiger partial charge on any atom is 0.229 e. The minimum Gasteiger partial charge on any atom is -0.496 e. The lowest BCUT2D eigenvalue weighted by atomic mass is 9.96. The third kappa shape index (κ3) is 4.49. The third-order valence-electron chi connectivity index (χ3n) is 5.36. The highest BCUT2D eigenvalue weighted by molar-refractivity contribution is 7.14. The molecule has 0 saturated carbocycles. The topological polar surface area (TPSA) is 72.3 Å². The normalized spacial score (nSPS) is 15.4. The summed E-state index contributed by atoms with van der Waals surface area (Å²) in [5, 5.41) is 5.58. The zero-order valence-corrected chi connectivity index (χ0v) is 17.5. The lowest BCUT2D eigenvalue weighted by Gasteiger charge is -2.30. The van der Waals surface area contributed by atoms with Crippen molar-refractivity contribution in [3.8, 4) is 17.0 Å². The number of ether oxygens (including phenoxy) is 1. The number of benzene rings is 1. The predicted octanol–water partition coefficient (Wildman–Crippen LogP) is 3.40. The van der Waals surface area contributed by atoms with Gasteiger partial charge in [-0.05, 0) is 38.1 Å². The highest BCUT2D eigenvalue weighted by Gasteiger charge is 2.26. The SMILES string of the molecule is COc1ccccc1-c1csc(NC(=O)C2CCN(Cc3nccn3C)CC2)n1. The number of hydrogen-bond acceptors (Lipinski definition) is 6. The number of carbonyl (C=O) groups is 1. The zero-order valence-electron chi connectivity index (χ0n) is 16.7. The Balaban J connectivity index is 1.32. The van der Waals surface area contributed by atoms with Gasteiger partial charge < -0.3 is 14.6 Å². The highest BCUT2D eigenvalue weighted by atomic mass is 32.1. The third-order valence-corrected chi connectivity index (χ3v) is 6.12. The molecule has 0 bridgehead atoms. The van der Waals surface area contributed by atoms with E-state index in [1.807, 2.05) is 53.7 Å². The first-order valence-electron chi connectivity index (χ1n) is 9.72. The van der Waals surface area contributed by atoms with E-state index < -0.39 is 0 Å². The van der Waals surface area contributed by atoms with Crippen LogP contribution in [0, 0.1) is 5.92 Å². The quantitative estimate of drug-likeness (QED) is 0.673. The number of likely N-dealkylation sites (tertiary alicyclic amines) is 1. The summed E-state index contributed by atoms with van der Waals surface area (Å²) in [6, 6.07) is 7.76. The van der Waals surface area contributed by atoms with Crippen molar-refractivity contribution in [2.45, 2.75) is 19.4 Å². The number of rotatable bonds is 6. The van der Waals surface area contributed by atoms with Gasteiger partial charge in [-0.15, -0.1) is 11.3 Å². The maximum atomic E-state index is 12.7. The average Bonchev–Trinajstić information content (AvgIpc) is 3.37. The van der Waals surface area contributed by atoms with Gasteiger partial charge in [0.15, 0.2) is 5.13 Å². The molecule has 1 fully saturated rings. The van der Waals surface area contributed by atoms with Crippen molar-refractivity contribution >= 4 is 22.4 Å². The second kappa shape index (κ2) is 8.75. The van der Waals surface area contributed by atoms with Crippen molar-refractivity contribution in [3.05, 3.63) is 47.9 Å². The van der Waals surface area contributed by atoms with Gasteiger partial charge in [0.25, 0.3) is 0 Å². The van der Waals surface area contributed by atoms with E-state index in [1.54, 1.807) is 7.11 Å². The first-order chi connectivity index (χ1) is 14.1. The van der Waals surface area contributed by atoms with Crippen LogP contribution in [0.5, 0.6) is 5.75 Å². The Labute approximate surface area is 174 Å². The molecule has 29 heavy (non-hydrogen) atoms. The van der Waals surface area contributed by atoms with E-state index in [0.29, 0.717) is 5.13 Å². The number of piperidine rings is 1. The molecule has 1 aliphatic rings. The first kappa shape index (κ1) is 19.6. The number of amides is 1. The molecule has 1 saturated heterocycles. The monoisotopic (exact) mass is 411 g/mol. The molecule has 3 heterocycles. The van der Waals surface area contributed by atoms with E-state index in [4.69, 9.17) is 4.74 Å². The molecule has 152 valence electrons. The molecule has 0 radical (unpaired) electrons. The van der Waals surface area contributed by atoms with Gasteiger partial charge in [-0.2, -0.15) is 0 Å². The van der Waals surface area contributed by atoms with E-state index in [9.17, 15) is 4.79 Å². The van der Waals surface area contributed by atoms with Gasteiger partial charge in [0.2, 0.25) is 5.91 Å². The molecule has 1 aliphatic heterocycles. The minimum atomic E-state index is 0.0197. The van der Waals surface area contributed by atoms with Crippen molar-refractivity contribution in [1.29, 1.82) is 0 Å². The van der Waals surface area contributed by atoms with Gasteiger partial charge in [0, 0.05) is 36.3 Å². The van der Waals surface area contributed by atoms with Crippen LogP contribution in [0.1, 0.15) is 18.7 Å². The van der Waals surface area contributed by atoms with Crippen LogP contribution in [-0.4, -0.2) is 45.5 Å². The molecule has 1 aromatic carbocycles. The molecule has 1 amide bonds. The van der Waals surface area contributed by atoms with Crippen molar-refractivity contribution in [3.63, 3.8) is 0 Å². The summed E-state index contributed by atoms with van der Waals surface area (Å²) in [6.07, 6.45) is 5.48. The first-order valence-corrected chi connectivity index (χ1v) is 10.6. The van der Waals surface area contributed by atoms with Crippen molar-refractivity contribution in [2.24, 2.45) is 13.0 Å². The van der Waals surface area contributed by atoms with Gasteiger partial charge >= 0.3 is 0 Å². The number of aromatic nitrogens is 3. The highest BCUT2D eigenvalue weighted by Crippen LogP contribution is 2.32. The second-order valence-corrected chi connectivity index (χ2v) is 8.09. The van der Waals surface area contributed by atoms with Gasteiger partial charge in [-0.25, -0.2) is 9.97 Å². The summed E-state index contributed by atoms with van der Waals surface area (Å²) < 4.78 is 7.45. The fraction of sp³-hybridized carbons (Fsp3) is 0.381. The summed E-state index contributed by atoms with van der Waals surface area (Å²) in [5.74, 6) is 1.91. The number of aryl methyl sites for hydroxylation is 1. The van der Waals surface area contributed by atoms with Crippen molar-refractivity contribution in [1.82, 2.24) is 19.4 Å². The van der Waals surface area contributed by atoms with Crippen LogP contribution in [0.3, 0.4) is 0 Å². The van der Waals surface area contributed by atoms with Crippen molar-refractivity contribution < 1.29 is 9.53 Å². The molecule has 3 aromatic rings. The number of nitrogens with zero attached hydrogens (tertiary/aromatic N) is 4. The van der Waals surface area contributed by atoms with Crippen LogP contribution in [0.2, 0.25) is 0 Å². The molecule has 0 spiro atoms. The number of carbonyl (C=O) groups excluding carboxylic acids is 1. The smallest absolute Gasteiger partial charge is 0.229 e. The lowest BCUT2D eigenvalue weighted by Crippen LogP contribution is -2.38. The van der Waals surface area contributed by atoms with E-state index in [2.05, 4.69) is 20.2 Å². The Morgan fingerprint density at radius 3 is 2.83 bits per heavy atom. The number of hydrogen-bond donors (Lipinski definition) is 1. The lowest BCUT2D eigenvalue weighted by molar-refractivity contribution is -0.121. The summed E-state index contributed by atoms with van der Waals surface area (Å²) in [6.45, 7) is 2.62. The Morgan fingerprint density at radius 1 is 1.31 bits per heavy atom. The molecule has 4 rings (SSSR count). The van der Waals surface area contributed by atoms with Crippen LogP contribution < -0.4 is 10.1 Å². The minimum absolute atomic E-state index is 0.0197. The number of thiazole rings is 1. The molecule has 0 aliphatic carbocycles. The predicted molar refractivity (Wildman–Crippen MR) is 114 cm³/mol. The van der Waals surface area contributed by atoms with Crippen LogP contribution in [0.4, 0.5) is 5.13 Å². The fourth-order valence-corrected chi connectivity index (χ4v) is 4.33. The van der Waals surface area contributed by atoms with Gasteiger partial charge in [-0.1, -0.05) is 12.1 Å². The van der Waals surface area contributed by atoms with Crippen LogP contribution in [0.15, 0.2) is 42.0 Å². The molecule has 8 heteroatoms. The number of nitrogens with one attached hydrogen (secondary N) is 1. The molecule has 0 atom stereocenters. The molecule has 7 nitrogen and oxygen atoms in total. The number of methoxy groups -OCH3 is 1. The van der Waals surface area contributed by atoms with Gasteiger partial charge in [0.1, 0.15) is 11.6 Å². The summed E-state index contributed by atoms with van der Waals surface area (Å²) in [7, 11) is 3.66. The number of para-hydroxylation sites is 1. The second-order valence-electron chi connectivity index (χ2n) is 7.23. The summed E-state index contributed by atoms with van der Waals surface area (Å²) in [5.41, 5.74) is 1.74. The largest absolute Gasteiger partial charge is 0.496 e.